The van der Waals surface area contributed by atoms with Gasteiger partial charge >= 0.3 is 0 Å². The molecule has 0 amide bonds. The molecule has 0 saturated carbocycles. The Morgan fingerprint density at radius 2 is 1.78 bits per heavy atom. The van der Waals surface area contributed by atoms with Crippen LogP contribution >= 0.6 is 33.9 Å². The average molecular weight is 606 g/mol. The summed E-state index contributed by atoms with van der Waals surface area (Å²) in [6.45, 7) is 0. The summed E-state index contributed by atoms with van der Waals surface area (Å²) in [5.41, 5.74) is 6.58. The van der Waals surface area contributed by atoms with E-state index in [2.05, 4.69) is 46.9 Å². The Hall–Kier alpha value is -3.17. The molecule has 180 valence electrons. The zero-order chi connectivity index (χ0) is 24.8. The summed E-state index contributed by atoms with van der Waals surface area (Å²) in [4.78, 5) is 19.7. The average Bonchev–Trinajstić information content (AvgIpc) is 3.22. The summed E-state index contributed by atoms with van der Waals surface area (Å²) in [6, 6.07) is 22.2. The SMILES string of the molecule is COc1ccc(C2C3=C(N=c4sc(=Cc5ccccc5I)c(=O)n42)c2ccccc2CC3)cc1OC. The first-order valence-corrected chi connectivity index (χ1v) is 13.6. The Labute approximate surface area is 226 Å². The molecule has 7 heteroatoms. The van der Waals surface area contributed by atoms with E-state index in [9.17, 15) is 4.79 Å². The quantitative estimate of drug-likeness (QED) is 0.310. The Bertz CT molecular complexity index is 1720. The van der Waals surface area contributed by atoms with E-state index in [1.54, 1.807) is 14.2 Å². The van der Waals surface area contributed by atoms with Crippen LogP contribution in [0.1, 0.15) is 34.7 Å². The molecule has 0 saturated heterocycles. The zero-order valence-corrected chi connectivity index (χ0v) is 22.8. The number of hydrogen-bond acceptors (Lipinski definition) is 5. The van der Waals surface area contributed by atoms with Crippen molar-refractivity contribution in [3.05, 3.63) is 118 Å². The Morgan fingerprint density at radius 1 is 1.00 bits per heavy atom. The highest BCUT2D eigenvalue weighted by Gasteiger charge is 2.33. The van der Waals surface area contributed by atoms with Crippen molar-refractivity contribution in [3.63, 3.8) is 0 Å². The van der Waals surface area contributed by atoms with Gasteiger partial charge in [-0.3, -0.25) is 9.36 Å². The van der Waals surface area contributed by atoms with Crippen LogP contribution in [0, 0.1) is 3.57 Å². The molecule has 0 spiro atoms. The number of fused-ring (bicyclic) bond motifs is 3. The van der Waals surface area contributed by atoms with Crippen LogP contribution < -0.4 is 24.4 Å². The van der Waals surface area contributed by atoms with Crippen molar-refractivity contribution < 1.29 is 9.47 Å². The van der Waals surface area contributed by atoms with Gasteiger partial charge in [0.1, 0.15) is 0 Å². The molecule has 2 aliphatic rings. The molecular weight excluding hydrogens is 583 g/mol. The predicted octanol–water partition coefficient (Wildman–Crippen LogP) is 4.94. The number of rotatable bonds is 4. The highest BCUT2D eigenvalue weighted by atomic mass is 127. The number of benzene rings is 3. The molecule has 4 aromatic rings. The van der Waals surface area contributed by atoms with Crippen molar-refractivity contribution in [1.29, 1.82) is 0 Å². The molecule has 1 aliphatic carbocycles. The number of aromatic nitrogens is 1. The highest BCUT2D eigenvalue weighted by Crippen LogP contribution is 2.42. The molecule has 5 nitrogen and oxygen atoms in total. The second kappa shape index (κ2) is 9.37. The Morgan fingerprint density at radius 3 is 2.58 bits per heavy atom. The lowest BCUT2D eigenvalue weighted by Gasteiger charge is -2.31. The molecule has 1 unspecified atom stereocenters. The van der Waals surface area contributed by atoms with Gasteiger partial charge in [0.25, 0.3) is 5.56 Å². The Kier molecular flexibility index (Phi) is 6.05. The van der Waals surface area contributed by atoms with Crippen molar-refractivity contribution in [2.75, 3.05) is 14.2 Å². The highest BCUT2D eigenvalue weighted by molar-refractivity contribution is 14.1. The third-order valence-corrected chi connectivity index (χ3v) is 8.75. The van der Waals surface area contributed by atoms with Crippen LogP contribution in [-0.4, -0.2) is 18.8 Å². The Balaban J connectivity index is 1.63. The van der Waals surface area contributed by atoms with E-state index in [-0.39, 0.29) is 11.6 Å². The molecule has 0 fully saturated rings. The number of ether oxygens (including phenoxy) is 2. The standard InChI is InChI=1S/C29H23IN2O3S/c1-34-23-14-12-19(15-24(23)35-2)27-21-13-11-17-7-3-5-9-20(17)26(21)31-29-32(27)28(33)25(36-29)16-18-8-4-6-10-22(18)30/h3-10,12,14-16,27H,11,13H2,1-2H3. The van der Waals surface area contributed by atoms with Crippen LogP contribution in [0.4, 0.5) is 0 Å². The number of halogens is 1. The van der Waals surface area contributed by atoms with Crippen LogP contribution in [0.3, 0.4) is 0 Å². The van der Waals surface area contributed by atoms with E-state index >= 15 is 0 Å². The molecular formula is C29H23IN2O3S. The van der Waals surface area contributed by atoms with E-state index in [0.717, 1.165) is 44.4 Å². The van der Waals surface area contributed by atoms with Crippen LogP contribution in [0.15, 0.2) is 82.1 Å². The van der Waals surface area contributed by atoms with Crippen molar-refractivity contribution in [2.45, 2.75) is 18.9 Å². The number of allylic oxidation sites excluding steroid dienone is 1. The van der Waals surface area contributed by atoms with Gasteiger partial charge in [-0.05, 0) is 82.0 Å². The normalized spacial score (nSPS) is 16.6. The molecule has 36 heavy (non-hydrogen) atoms. The summed E-state index contributed by atoms with van der Waals surface area (Å²) in [6.07, 6.45) is 3.74. The lowest BCUT2D eigenvalue weighted by Crippen LogP contribution is -2.38. The van der Waals surface area contributed by atoms with Gasteiger partial charge in [-0.2, -0.15) is 0 Å². The summed E-state index contributed by atoms with van der Waals surface area (Å²) < 4.78 is 14.7. The minimum absolute atomic E-state index is 0.0244. The molecule has 6 rings (SSSR count). The number of hydrogen-bond donors (Lipinski definition) is 0. The number of aryl methyl sites for hydroxylation is 1. The first kappa shape index (κ1) is 23.2. The van der Waals surface area contributed by atoms with E-state index in [1.165, 1.54) is 16.9 Å². The second-order valence-corrected chi connectivity index (χ2v) is 10.9. The van der Waals surface area contributed by atoms with Crippen molar-refractivity contribution in [3.8, 4) is 11.5 Å². The van der Waals surface area contributed by atoms with Gasteiger partial charge in [-0.15, -0.1) is 0 Å². The molecule has 1 atom stereocenters. The molecule has 1 aromatic heterocycles. The maximum atomic E-state index is 13.9. The first-order chi connectivity index (χ1) is 17.6. The monoisotopic (exact) mass is 606 g/mol. The maximum Gasteiger partial charge on any atom is 0.271 e. The summed E-state index contributed by atoms with van der Waals surface area (Å²) in [5, 5.41) is 0. The van der Waals surface area contributed by atoms with E-state index in [1.807, 2.05) is 53.1 Å². The van der Waals surface area contributed by atoms with Gasteiger partial charge in [0.15, 0.2) is 16.3 Å². The number of thiazole rings is 1. The molecule has 0 radical (unpaired) electrons. The molecule has 0 N–H and O–H groups in total. The number of nitrogens with zero attached hydrogens (tertiary/aromatic N) is 2. The van der Waals surface area contributed by atoms with Gasteiger partial charge in [0.05, 0.1) is 30.5 Å². The van der Waals surface area contributed by atoms with E-state index in [4.69, 9.17) is 14.5 Å². The van der Waals surface area contributed by atoms with Crippen molar-refractivity contribution >= 4 is 45.7 Å². The minimum atomic E-state index is -0.263. The smallest absolute Gasteiger partial charge is 0.271 e. The van der Waals surface area contributed by atoms with Gasteiger partial charge in [0.2, 0.25) is 0 Å². The summed E-state index contributed by atoms with van der Waals surface area (Å²) in [7, 11) is 3.26. The van der Waals surface area contributed by atoms with Crippen LogP contribution in [0.25, 0.3) is 11.8 Å². The number of methoxy groups -OCH3 is 2. The van der Waals surface area contributed by atoms with E-state index < -0.39 is 0 Å². The fourth-order valence-corrected chi connectivity index (χ4v) is 6.61. The van der Waals surface area contributed by atoms with Crippen molar-refractivity contribution in [2.24, 2.45) is 4.99 Å². The minimum Gasteiger partial charge on any atom is -0.493 e. The fourth-order valence-electron chi connectivity index (χ4n) is 5.08. The summed E-state index contributed by atoms with van der Waals surface area (Å²) >= 11 is 3.75. The van der Waals surface area contributed by atoms with Crippen molar-refractivity contribution in [1.82, 2.24) is 4.57 Å². The zero-order valence-electron chi connectivity index (χ0n) is 19.8. The molecule has 1 aliphatic heterocycles. The van der Waals surface area contributed by atoms with Crippen LogP contribution in [0.5, 0.6) is 11.5 Å². The summed E-state index contributed by atoms with van der Waals surface area (Å²) in [5.74, 6) is 1.31. The largest absolute Gasteiger partial charge is 0.493 e. The lowest BCUT2D eigenvalue weighted by atomic mass is 9.83. The van der Waals surface area contributed by atoms with E-state index in [0.29, 0.717) is 20.8 Å². The second-order valence-electron chi connectivity index (χ2n) is 8.75. The third kappa shape index (κ3) is 3.81. The van der Waals surface area contributed by atoms with Gasteiger partial charge in [-0.1, -0.05) is 59.9 Å². The fraction of sp³-hybridized carbons (Fsp3) is 0.172. The third-order valence-electron chi connectivity index (χ3n) is 6.79. The molecule has 0 bridgehead atoms. The topological polar surface area (TPSA) is 52.8 Å². The predicted molar refractivity (Wildman–Crippen MR) is 151 cm³/mol. The van der Waals surface area contributed by atoms with Crippen LogP contribution in [-0.2, 0) is 6.42 Å². The van der Waals surface area contributed by atoms with Gasteiger partial charge < -0.3 is 9.47 Å². The van der Waals surface area contributed by atoms with Gasteiger partial charge in [-0.25, -0.2) is 4.99 Å². The molecule has 2 heterocycles. The molecule has 3 aromatic carbocycles. The first-order valence-electron chi connectivity index (χ1n) is 11.7. The van der Waals surface area contributed by atoms with Crippen LogP contribution in [0.2, 0.25) is 0 Å². The van der Waals surface area contributed by atoms with Gasteiger partial charge in [0, 0.05) is 9.13 Å². The maximum absolute atomic E-state index is 13.9. The lowest BCUT2D eigenvalue weighted by molar-refractivity contribution is 0.354.